The van der Waals surface area contributed by atoms with Gasteiger partial charge in [-0.25, -0.2) is 4.98 Å². The number of nitrogens with zero attached hydrogens (tertiary/aromatic N) is 4. The summed E-state index contributed by atoms with van der Waals surface area (Å²) in [6.07, 6.45) is 5.77. The molecule has 1 saturated heterocycles. The largest absolute Gasteiger partial charge is 0.489 e. The van der Waals surface area contributed by atoms with Crippen molar-refractivity contribution in [1.82, 2.24) is 14.5 Å². The van der Waals surface area contributed by atoms with Crippen molar-refractivity contribution in [1.29, 1.82) is 0 Å². The zero-order valence-electron chi connectivity index (χ0n) is 20.0. The first-order chi connectivity index (χ1) is 17.1. The fraction of sp³-hybridized carbons (Fsp3) is 0.333. The number of piperidine rings is 1. The zero-order valence-corrected chi connectivity index (χ0v) is 20.0. The van der Waals surface area contributed by atoms with Gasteiger partial charge in [-0.15, -0.1) is 0 Å². The smallest absolute Gasteiger partial charge is 0.423 e. The Morgan fingerprint density at radius 1 is 1.03 bits per heavy atom. The number of aryl methyl sites for hydroxylation is 2. The number of rotatable bonds is 5. The summed E-state index contributed by atoms with van der Waals surface area (Å²) in [7, 11) is -1.53. The second kappa shape index (κ2) is 9.02. The SMILES string of the molecule is Cc1cc2c(B(O)O)cccc2n1-c1nc2c(c(NCc3ccccc3)n1)N1CCCCC1CC2. The minimum absolute atomic E-state index is 0.487. The Labute approximate surface area is 205 Å². The standard InChI is InChI=1S/C27H30BN5O2/c1-18-16-21-22(28(34)35)11-7-12-24(21)33(18)27-30-23-14-13-20-10-5-6-15-32(20)25(23)26(31-27)29-17-19-8-3-2-4-9-19/h2-4,7-9,11-12,16,20,34-35H,5-6,10,13-15,17H2,1H3,(H,29,30,31). The van der Waals surface area contributed by atoms with Crippen LogP contribution in [0, 0.1) is 6.92 Å². The van der Waals surface area contributed by atoms with Gasteiger partial charge in [0.2, 0.25) is 5.95 Å². The van der Waals surface area contributed by atoms with Crippen molar-refractivity contribution in [2.75, 3.05) is 16.8 Å². The summed E-state index contributed by atoms with van der Waals surface area (Å²) in [6.45, 7) is 3.74. The average Bonchev–Trinajstić information content (AvgIpc) is 3.23. The molecular formula is C27H30BN5O2. The second-order valence-corrected chi connectivity index (χ2v) is 9.66. The number of fused-ring (bicyclic) bond motifs is 4. The van der Waals surface area contributed by atoms with E-state index in [0.29, 0.717) is 24.0 Å². The molecule has 1 atom stereocenters. The highest BCUT2D eigenvalue weighted by molar-refractivity contribution is 6.61. The Morgan fingerprint density at radius 2 is 1.89 bits per heavy atom. The highest BCUT2D eigenvalue weighted by Gasteiger charge is 2.33. The van der Waals surface area contributed by atoms with E-state index >= 15 is 0 Å². The van der Waals surface area contributed by atoms with Gasteiger partial charge in [0, 0.05) is 30.2 Å². The molecule has 2 aliphatic rings. The van der Waals surface area contributed by atoms with Crippen LogP contribution in [-0.2, 0) is 13.0 Å². The number of anilines is 2. The topological polar surface area (TPSA) is 86.4 Å². The monoisotopic (exact) mass is 467 g/mol. The lowest BCUT2D eigenvalue weighted by Gasteiger charge is -2.42. The molecule has 35 heavy (non-hydrogen) atoms. The number of nitrogens with one attached hydrogen (secondary N) is 1. The van der Waals surface area contributed by atoms with Crippen molar-refractivity contribution in [3.05, 3.63) is 71.5 Å². The van der Waals surface area contributed by atoms with Gasteiger partial charge in [0.05, 0.1) is 11.2 Å². The Balaban J connectivity index is 1.49. The second-order valence-electron chi connectivity index (χ2n) is 9.66. The van der Waals surface area contributed by atoms with Crippen molar-refractivity contribution in [2.24, 2.45) is 0 Å². The molecule has 1 unspecified atom stereocenters. The van der Waals surface area contributed by atoms with E-state index in [1.165, 1.54) is 24.8 Å². The fourth-order valence-electron chi connectivity index (χ4n) is 5.74. The van der Waals surface area contributed by atoms with E-state index in [1.807, 2.05) is 35.8 Å². The molecule has 7 nitrogen and oxygen atoms in total. The Bertz CT molecular complexity index is 1370. The third kappa shape index (κ3) is 3.96. The van der Waals surface area contributed by atoms with Crippen molar-refractivity contribution < 1.29 is 10.0 Å². The van der Waals surface area contributed by atoms with Crippen molar-refractivity contribution in [3.63, 3.8) is 0 Å². The highest BCUT2D eigenvalue weighted by atomic mass is 16.4. The quantitative estimate of drug-likeness (QED) is 0.391. The summed E-state index contributed by atoms with van der Waals surface area (Å²) in [5, 5.41) is 24.2. The molecule has 1 fully saturated rings. The minimum Gasteiger partial charge on any atom is -0.423 e. The summed E-state index contributed by atoms with van der Waals surface area (Å²) in [4.78, 5) is 12.7. The molecule has 2 aromatic carbocycles. The van der Waals surface area contributed by atoms with E-state index < -0.39 is 7.12 Å². The van der Waals surface area contributed by atoms with Gasteiger partial charge in [-0.05, 0) is 62.2 Å². The first-order valence-electron chi connectivity index (χ1n) is 12.5. The van der Waals surface area contributed by atoms with Crippen LogP contribution in [0.2, 0.25) is 0 Å². The van der Waals surface area contributed by atoms with Crippen LogP contribution in [-0.4, -0.2) is 44.3 Å². The molecule has 6 rings (SSSR count). The maximum atomic E-state index is 9.88. The zero-order chi connectivity index (χ0) is 23.9. The summed E-state index contributed by atoms with van der Waals surface area (Å²) in [5.74, 6) is 1.49. The van der Waals surface area contributed by atoms with Crippen LogP contribution in [0.25, 0.3) is 16.9 Å². The van der Waals surface area contributed by atoms with Crippen LogP contribution in [0.4, 0.5) is 11.5 Å². The highest BCUT2D eigenvalue weighted by Crippen LogP contribution is 2.39. The lowest BCUT2D eigenvalue weighted by atomic mass is 9.78. The lowest BCUT2D eigenvalue weighted by Crippen LogP contribution is -2.43. The number of benzene rings is 2. The van der Waals surface area contributed by atoms with Gasteiger partial charge in [0.25, 0.3) is 0 Å². The Kier molecular flexibility index (Phi) is 5.70. The third-order valence-corrected chi connectivity index (χ3v) is 7.42. The van der Waals surface area contributed by atoms with Crippen molar-refractivity contribution in [2.45, 2.75) is 51.6 Å². The van der Waals surface area contributed by atoms with E-state index in [-0.39, 0.29) is 0 Å². The van der Waals surface area contributed by atoms with Gasteiger partial charge >= 0.3 is 7.12 Å². The number of hydrogen-bond acceptors (Lipinski definition) is 6. The predicted octanol–water partition coefficient (Wildman–Crippen LogP) is 3.33. The van der Waals surface area contributed by atoms with Crippen LogP contribution < -0.4 is 15.7 Å². The molecule has 0 radical (unpaired) electrons. The summed E-state index contributed by atoms with van der Waals surface area (Å²) in [5.41, 5.74) is 5.75. The molecule has 0 amide bonds. The van der Waals surface area contributed by atoms with Gasteiger partial charge in [-0.2, -0.15) is 4.98 Å². The maximum Gasteiger partial charge on any atom is 0.489 e. The first-order valence-corrected chi connectivity index (χ1v) is 12.5. The van der Waals surface area contributed by atoms with Gasteiger partial charge in [-0.3, -0.25) is 4.57 Å². The number of aromatic nitrogens is 3. The van der Waals surface area contributed by atoms with Crippen LogP contribution >= 0.6 is 0 Å². The molecule has 3 N–H and O–H groups in total. The average molecular weight is 467 g/mol. The van der Waals surface area contributed by atoms with Gasteiger partial charge in [0.15, 0.2) is 5.82 Å². The van der Waals surface area contributed by atoms with Crippen molar-refractivity contribution in [3.8, 4) is 5.95 Å². The molecule has 2 aromatic heterocycles. The normalized spacial score (nSPS) is 17.2. The Hall–Kier alpha value is -3.36. The van der Waals surface area contributed by atoms with E-state index in [9.17, 15) is 10.0 Å². The van der Waals surface area contributed by atoms with E-state index in [1.54, 1.807) is 6.07 Å². The summed E-state index contributed by atoms with van der Waals surface area (Å²) >= 11 is 0. The van der Waals surface area contributed by atoms with Crippen LogP contribution in [0.3, 0.4) is 0 Å². The van der Waals surface area contributed by atoms with Gasteiger partial charge in [-0.1, -0.05) is 42.5 Å². The van der Waals surface area contributed by atoms with E-state index in [0.717, 1.165) is 53.2 Å². The molecule has 0 spiro atoms. The third-order valence-electron chi connectivity index (χ3n) is 7.42. The molecule has 0 aliphatic carbocycles. The van der Waals surface area contributed by atoms with Gasteiger partial charge in [0.1, 0.15) is 5.69 Å². The molecule has 0 saturated carbocycles. The molecule has 4 heterocycles. The van der Waals surface area contributed by atoms with E-state index in [4.69, 9.17) is 9.97 Å². The minimum atomic E-state index is -1.53. The molecule has 0 bridgehead atoms. The van der Waals surface area contributed by atoms with Crippen LogP contribution in [0.1, 0.15) is 42.6 Å². The predicted molar refractivity (Wildman–Crippen MR) is 141 cm³/mol. The first kappa shape index (κ1) is 22.1. The maximum absolute atomic E-state index is 9.88. The molecule has 2 aliphatic heterocycles. The van der Waals surface area contributed by atoms with Gasteiger partial charge < -0.3 is 20.3 Å². The summed E-state index contributed by atoms with van der Waals surface area (Å²) in [6, 6.07) is 18.5. The lowest BCUT2D eigenvalue weighted by molar-refractivity contribution is 0.420. The van der Waals surface area contributed by atoms with Crippen LogP contribution in [0.15, 0.2) is 54.6 Å². The molecule has 178 valence electrons. The molecular weight excluding hydrogens is 437 g/mol. The van der Waals surface area contributed by atoms with E-state index in [2.05, 4.69) is 34.5 Å². The Morgan fingerprint density at radius 3 is 2.71 bits per heavy atom. The molecule has 4 aromatic rings. The molecule has 8 heteroatoms. The number of hydrogen-bond donors (Lipinski definition) is 3. The van der Waals surface area contributed by atoms with Crippen molar-refractivity contribution >= 4 is 35.0 Å². The summed E-state index contributed by atoms with van der Waals surface area (Å²) < 4.78 is 2.03. The fourth-order valence-corrected chi connectivity index (χ4v) is 5.74. The van der Waals surface area contributed by atoms with Crippen LogP contribution in [0.5, 0.6) is 0 Å².